The molecule has 0 saturated carbocycles. The average Bonchev–Trinajstić information content (AvgIpc) is 2.15. The van der Waals surface area contributed by atoms with Crippen LogP contribution in [0, 0.1) is 0 Å². The Hall–Kier alpha value is -1.42. The van der Waals surface area contributed by atoms with Gasteiger partial charge in [0, 0.05) is 0 Å². The molecule has 1 aromatic rings. The van der Waals surface area contributed by atoms with Gasteiger partial charge in [-0.2, -0.15) is 0 Å². The second kappa shape index (κ2) is 3.75. The number of carbonyl (C=O) groups is 1. The molecular formula is C10H12N2O2. The Morgan fingerprint density at radius 2 is 2.43 bits per heavy atom. The van der Waals surface area contributed by atoms with Gasteiger partial charge in [-0.3, -0.25) is 4.79 Å². The van der Waals surface area contributed by atoms with Gasteiger partial charge in [0.25, 0.3) is 0 Å². The van der Waals surface area contributed by atoms with Gasteiger partial charge in [0.2, 0.25) is 0 Å². The van der Waals surface area contributed by atoms with E-state index >= 15 is 0 Å². The van der Waals surface area contributed by atoms with Crippen LogP contribution in [0.15, 0.2) is 12.1 Å². The third-order valence-corrected chi connectivity index (χ3v) is 2.40. The van der Waals surface area contributed by atoms with E-state index in [9.17, 15) is 4.79 Å². The zero-order valence-corrected chi connectivity index (χ0v) is 7.99. The number of methoxy groups -OCH3 is 1. The highest BCUT2D eigenvalue weighted by Gasteiger charge is 2.23. The van der Waals surface area contributed by atoms with Crippen molar-refractivity contribution >= 4 is 6.29 Å². The molecule has 4 heteroatoms. The molecular weight excluding hydrogens is 180 g/mol. The topological polar surface area (TPSA) is 51.2 Å². The molecule has 74 valence electrons. The van der Waals surface area contributed by atoms with Crippen LogP contribution in [0.2, 0.25) is 0 Å². The maximum atomic E-state index is 10.6. The molecule has 1 aromatic heterocycles. The van der Waals surface area contributed by atoms with Crippen LogP contribution in [-0.2, 0) is 0 Å². The highest BCUT2D eigenvalue weighted by molar-refractivity contribution is 5.72. The van der Waals surface area contributed by atoms with Crippen molar-refractivity contribution in [2.45, 2.75) is 12.5 Å². The molecule has 4 nitrogen and oxygen atoms in total. The maximum absolute atomic E-state index is 10.6. The Kier molecular flexibility index (Phi) is 2.45. The smallest absolute Gasteiger partial charge is 0.168 e. The minimum atomic E-state index is 0.241. The van der Waals surface area contributed by atoms with E-state index in [1.54, 1.807) is 19.2 Å². The number of ether oxygens (including phenoxy) is 1. The number of pyridine rings is 1. The number of nitrogens with zero attached hydrogens (tertiary/aromatic N) is 1. The van der Waals surface area contributed by atoms with E-state index in [2.05, 4.69) is 10.3 Å². The third kappa shape index (κ3) is 1.48. The summed E-state index contributed by atoms with van der Waals surface area (Å²) >= 11 is 0. The molecule has 0 amide bonds. The predicted octanol–water partition coefficient (Wildman–Crippen LogP) is 0.937. The Labute approximate surface area is 82.3 Å². The summed E-state index contributed by atoms with van der Waals surface area (Å²) in [7, 11) is 1.61. The third-order valence-electron chi connectivity index (χ3n) is 2.40. The van der Waals surface area contributed by atoms with Crippen LogP contribution in [0.25, 0.3) is 0 Å². The van der Waals surface area contributed by atoms with Gasteiger partial charge >= 0.3 is 0 Å². The molecule has 2 heterocycles. The van der Waals surface area contributed by atoms with Crippen LogP contribution in [-0.4, -0.2) is 24.9 Å². The van der Waals surface area contributed by atoms with Crippen LogP contribution < -0.4 is 10.1 Å². The highest BCUT2D eigenvalue weighted by atomic mass is 16.5. The minimum absolute atomic E-state index is 0.241. The van der Waals surface area contributed by atoms with E-state index in [1.165, 1.54) is 0 Å². The maximum Gasteiger partial charge on any atom is 0.168 e. The van der Waals surface area contributed by atoms with E-state index in [-0.39, 0.29) is 6.04 Å². The summed E-state index contributed by atoms with van der Waals surface area (Å²) in [6.45, 7) is 1.00. The quantitative estimate of drug-likeness (QED) is 0.724. The molecule has 0 radical (unpaired) electrons. The number of nitrogens with one attached hydrogen (secondary N) is 1. The Morgan fingerprint density at radius 3 is 2.93 bits per heavy atom. The first-order chi connectivity index (χ1) is 6.85. The van der Waals surface area contributed by atoms with Gasteiger partial charge in [0.15, 0.2) is 6.29 Å². The fourth-order valence-corrected chi connectivity index (χ4v) is 1.49. The van der Waals surface area contributed by atoms with Gasteiger partial charge < -0.3 is 10.1 Å². The summed E-state index contributed by atoms with van der Waals surface area (Å²) in [6.07, 6.45) is 1.80. The van der Waals surface area contributed by atoms with E-state index in [1.807, 2.05) is 0 Å². The van der Waals surface area contributed by atoms with E-state index in [0.717, 1.165) is 30.7 Å². The number of aldehydes is 1. The van der Waals surface area contributed by atoms with Crippen molar-refractivity contribution < 1.29 is 9.53 Å². The summed E-state index contributed by atoms with van der Waals surface area (Å²) < 4.78 is 5.18. The number of hydrogen-bond donors (Lipinski definition) is 1. The van der Waals surface area contributed by atoms with Gasteiger partial charge in [-0.15, -0.1) is 0 Å². The van der Waals surface area contributed by atoms with E-state index in [4.69, 9.17) is 4.74 Å². The summed E-state index contributed by atoms with van der Waals surface area (Å²) in [5, 5.41) is 3.23. The lowest BCUT2D eigenvalue weighted by Crippen LogP contribution is -2.36. The minimum Gasteiger partial charge on any atom is -0.495 e. The van der Waals surface area contributed by atoms with Gasteiger partial charge in [-0.1, -0.05) is 0 Å². The summed E-state index contributed by atoms with van der Waals surface area (Å²) in [5.74, 6) is 0.743. The van der Waals surface area contributed by atoms with E-state index < -0.39 is 0 Å². The Balaban J connectivity index is 2.36. The highest BCUT2D eigenvalue weighted by Crippen LogP contribution is 2.28. The average molecular weight is 192 g/mol. The molecule has 0 spiro atoms. The normalized spacial score (nSPS) is 19.9. The predicted molar refractivity (Wildman–Crippen MR) is 51.5 cm³/mol. The van der Waals surface area contributed by atoms with E-state index in [0.29, 0.717) is 5.69 Å². The monoisotopic (exact) mass is 192 g/mol. The van der Waals surface area contributed by atoms with Crippen LogP contribution in [0.4, 0.5) is 0 Å². The number of rotatable bonds is 3. The number of carbonyl (C=O) groups excluding carboxylic acids is 1. The Bertz CT molecular complexity index is 348. The van der Waals surface area contributed by atoms with Crippen molar-refractivity contribution in [1.82, 2.24) is 10.3 Å². The van der Waals surface area contributed by atoms with Gasteiger partial charge in [0.1, 0.15) is 17.1 Å². The largest absolute Gasteiger partial charge is 0.495 e. The molecule has 0 bridgehead atoms. The molecule has 0 aliphatic carbocycles. The molecule has 2 rings (SSSR count). The lowest BCUT2D eigenvalue weighted by Gasteiger charge is -2.28. The summed E-state index contributed by atoms with van der Waals surface area (Å²) in [6, 6.07) is 3.69. The zero-order chi connectivity index (χ0) is 9.97. The second-order valence-corrected chi connectivity index (χ2v) is 3.24. The van der Waals surface area contributed by atoms with Crippen molar-refractivity contribution in [1.29, 1.82) is 0 Å². The molecule has 1 unspecified atom stereocenters. The number of aromatic nitrogens is 1. The lowest BCUT2D eigenvalue weighted by atomic mass is 10.0. The van der Waals surface area contributed by atoms with Crippen molar-refractivity contribution in [3.05, 3.63) is 23.5 Å². The van der Waals surface area contributed by atoms with Crippen LogP contribution in [0.1, 0.15) is 28.6 Å². The summed E-state index contributed by atoms with van der Waals surface area (Å²) in [5.41, 5.74) is 1.29. The van der Waals surface area contributed by atoms with Crippen molar-refractivity contribution in [2.24, 2.45) is 0 Å². The van der Waals surface area contributed by atoms with Crippen molar-refractivity contribution in [3.8, 4) is 5.75 Å². The first-order valence-electron chi connectivity index (χ1n) is 4.58. The Morgan fingerprint density at radius 1 is 1.64 bits per heavy atom. The molecule has 0 aromatic carbocycles. The zero-order valence-electron chi connectivity index (χ0n) is 7.99. The van der Waals surface area contributed by atoms with Gasteiger partial charge in [-0.25, -0.2) is 4.98 Å². The van der Waals surface area contributed by atoms with Crippen molar-refractivity contribution in [3.63, 3.8) is 0 Å². The summed E-state index contributed by atoms with van der Waals surface area (Å²) in [4.78, 5) is 14.8. The molecule has 1 aliphatic rings. The molecule has 1 saturated heterocycles. The fraction of sp³-hybridized carbons (Fsp3) is 0.400. The fourth-order valence-electron chi connectivity index (χ4n) is 1.49. The van der Waals surface area contributed by atoms with Crippen molar-refractivity contribution in [2.75, 3.05) is 13.7 Å². The molecule has 14 heavy (non-hydrogen) atoms. The van der Waals surface area contributed by atoms with Gasteiger partial charge in [-0.05, 0) is 25.1 Å². The molecule has 1 atom stereocenters. The van der Waals surface area contributed by atoms with Crippen LogP contribution >= 0.6 is 0 Å². The standard InChI is InChI=1S/C10H12N2O2/c1-14-9-3-2-7(6-13)12-10(9)8-4-5-11-8/h2-3,6,8,11H,4-5H2,1H3. The molecule has 1 aliphatic heterocycles. The SMILES string of the molecule is COc1ccc(C=O)nc1C1CCN1. The first-order valence-corrected chi connectivity index (χ1v) is 4.58. The second-order valence-electron chi connectivity index (χ2n) is 3.24. The first kappa shape index (κ1) is 9.15. The lowest BCUT2D eigenvalue weighted by molar-refractivity contribution is 0.111. The molecule has 1 fully saturated rings. The van der Waals surface area contributed by atoms with Crippen LogP contribution in [0.5, 0.6) is 5.75 Å². The molecule has 1 N–H and O–H groups in total. The van der Waals surface area contributed by atoms with Gasteiger partial charge in [0.05, 0.1) is 13.2 Å². The number of hydrogen-bond acceptors (Lipinski definition) is 4. The van der Waals surface area contributed by atoms with Crippen LogP contribution in [0.3, 0.4) is 0 Å².